The summed E-state index contributed by atoms with van der Waals surface area (Å²) >= 11 is 7.69. The molecule has 0 amide bonds. The van der Waals surface area contributed by atoms with Gasteiger partial charge in [0.2, 0.25) is 5.88 Å². The average Bonchev–Trinajstić information content (AvgIpc) is 3.17. The third-order valence-corrected chi connectivity index (χ3v) is 6.80. The lowest BCUT2D eigenvalue weighted by atomic mass is 9.87. The first-order chi connectivity index (χ1) is 15.6. The number of benzene rings is 3. The maximum absolute atomic E-state index is 12.8. The Morgan fingerprint density at radius 3 is 2.59 bits per heavy atom. The number of halogens is 1. The van der Waals surface area contributed by atoms with Crippen molar-refractivity contribution in [2.24, 2.45) is 5.73 Å². The van der Waals surface area contributed by atoms with Crippen LogP contribution in [0.15, 0.2) is 84.3 Å². The van der Waals surface area contributed by atoms with Crippen LogP contribution in [0.2, 0.25) is 5.02 Å². The highest BCUT2D eigenvalue weighted by Crippen LogP contribution is 2.51. The van der Waals surface area contributed by atoms with Crippen molar-refractivity contribution in [3.63, 3.8) is 0 Å². The Hall–Kier alpha value is -3.79. The van der Waals surface area contributed by atoms with Crippen LogP contribution >= 0.6 is 22.9 Å². The van der Waals surface area contributed by atoms with Gasteiger partial charge in [0.1, 0.15) is 17.4 Å². The third kappa shape index (κ3) is 3.28. The highest BCUT2D eigenvalue weighted by atomic mass is 35.5. The van der Waals surface area contributed by atoms with Gasteiger partial charge in [0.15, 0.2) is 5.75 Å². The van der Waals surface area contributed by atoms with E-state index in [0.717, 1.165) is 15.0 Å². The Balaban J connectivity index is 1.65. The minimum Gasteiger partial charge on any atom is -0.439 e. The van der Waals surface area contributed by atoms with Crippen molar-refractivity contribution in [2.45, 2.75) is 5.92 Å². The summed E-state index contributed by atoms with van der Waals surface area (Å²) in [6.07, 6.45) is 0. The molecule has 5 rings (SSSR count). The van der Waals surface area contributed by atoms with Crippen LogP contribution in [-0.2, 0) is 0 Å². The molecule has 2 heterocycles. The first-order valence-corrected chi connectivity index (χ1v) is 10.9. The molecule has 0 saturated carbocycles. The largest absolute Gasteiger partial charge is 0.439 e. The van der Waals surface area contributed by atoms with E-state index in [1.54, 1.807) is 36.4 Å². The van der Waals surface area contributed by atoms with Gasteiger partial charge >= 0.3 is 5.97 Å². The first-order valence-electron chi connectivity index (χ1n) is 9.73. The number of ether oxygens (including phenoxy) is 2. The Morgan fingerprint density at radius 2 is 1.78 bits per heavy atom. The van der Waals surface area contributed by atoms with Crippen molar-refractivity contribution < 1.29 is 14.3 Å². The van der Waals surface area contributed by atoms with E-state index in [-0.39, 0.29) is 17.0 Å². The number of thiophene rings is 1. The van der Waals surface area contributed by atoms with Crippen molar-refractivity contribution in [1.82, 2.24) is 0 Å². The summed E-state index contributed by atoms with van der Waals surface area (Å²) in [6, 6.07) is 23.8. The summed E-state index contributed by atoms with van der Waals surface area (Å²) < 4.78 is 12.6. The third-order valence-electron chi connectivity index (χ3n) is 5.25. The van der Waals surface area contributed by atoms with Crippen LogP contribution in [0.5, 0.6) is 11.5 Å². The van der Waals surface area contributed by atoms with Crippen LogP contribution in [0, 0.1) is 11.3 Å². The number of nitrogens with zero attached hydrogens (tertiary/aromatic N) is 1. The Morgan fingerprint density at radius 1 is 1.06 bits per heavy atom. The second-order valence-corrected chi connectivity index (χ2v) is 8.61. The number of carbonyl (C=O) groups excluding carboxylic acids is 1. The lowest BCUT2D eigenvalue weighted by Gasteiger charge is -2.25. The molecule has 1 aliphatic rings. The van der Waals surface area contributed by atoms with Crippen molar-refractivity contribution in [3.05, 3.63) is 105 Å². The number of hydrogen-bond donors (Lipinski definition) is 1. The van der Waals surface area contributed by atoms with Gasteiger partial charge in [0.05, 0.1) is 21.4 Å². The van der Waals surface area contributed by atoms with Gasteiger partial charge in [-0.2, -0.15) is 5.26 Å². The van der Waals surface area contributed by atoms with Crippen LogP contribution in [0.25, 0.3) is 10.1 Å². The molecule has 4 aromatic rings. The summed E-state index contributed by atoms with van der Waals surface area (Å²) in [6.45, 7) is 0. The number of carbonyl (C=O) groups is 1. The molecular formula is C25H15ClN2O3S. The zero-order valence-electron chi connectivity index (χ0n) is 16.5. The van der Waals surface area contributed by atoms with Crippen molar-refractivity contribution in [2.75, 3.05) is 0 Å². The molecule has 0 fully saturated rings. The molecule has 1 aromatic heterocycles. The SMILES string of the molecule is N#CC1=C(N)Oc2c(sc3ccccc23)[C@H]1c1ccccc1OC(=O)c1ccccc1Cl. The molecule has 5 nitrogen and oxygen atoms in total. The summed E-state index contributed by atoms with van der Waals surface area (Å²) in [7, 11) is 0. The van der Waals surface area contributed by atoms with E-state index >= 15 is 0 Å². The molecule has 1 aliphatic heterocycles. The summed E-state index contributed by atoms with van der Waals surface area (Å²) in [4.78, 5) is 13.7. The van der Waals surface area contributed by atoms with E-state index in [1.165, 1.54) is 11.3 Å². The summed E-state index contributed by atoms with van der Waals surface area (Å²) in [5.74, 6) is -0.119. The Kier molecular flexibility index (Phi) is 5.06. The number of hydrogen-bond acceptors (Lipinski definition) is 6. The predicted molar refractivity (Wildman–Crippen MR) is 124 cm³/mol. The van der Waals surface area contributed by atoms with E-state index in [4.69, 9.17) is 26.8 Å². The van der Waals surface area contributed by atoms with E-state index in [0.29, 0.717) is 22.1 Å². The van der Waals surface area contributed by atoms with Gasteiger partial charge in [-0.25, -0.2) is 4.79 Å². The predicted octanol–water partition coefficient (Wildman–Crippen LogP) is 5.99. The molecule has 7 heteroatoms. The lowest BCUT2D eigenvalue weighted by molar-refractivity contribution is 0.0733. The highest BCUT2D eigenvalue weighted by Gasteiger charge is 2.35. The van der Waals surface area contributed by atoms with Gasteiger partial charge in [-0.15, -0.1) is 11.3 Å². The maximum Gasteiger partial charge on any atom is 0.345 e. The smallest absolute Gasteiger partial charge is 0.345 e. The van der Waals surface area contributed by atoms with E-state index in [2.05, 4.69) is 6.07 Å². The highest BCUT2D eigenvalue weighted by molar-refractivity contribution is 7.19. The molecule has 0 aliphatic carbocycles. The maximum atomic E-state index is 12.8. The molecular weight excluding hydrogens is 444 g/mol. The normalized spacial score (nSPS) is 15.1. The molecule has 156 valence electrons. The summed E-state index contributed by atoms with van der Waals surface area (Å²) in [5.41, 5.74) is 7.33. The number of para-hydroxylation sites is 1. The number of nitrogens with two attached hydrogens (primary N) is 1. The second kappa shape index (κ2) is 8.04. The van der Waals surface area contributed by atoms with E-state index in [9.17, 15) is 10.1 Å². The molecule has 0 saturated heterocycles. The molecule has 0 unspecified atom stereocenters. The van der Waals surface area contributed by atoms with Crippen LogP contribution in [0.4, 0.5) is 0 Å². The average molecular weight is 459 g/mol. The molecule has 1 atom stereocenters. The van der Waals surface area contributed by atoms with E-state index < -0.39 is 11.9 Å². The Bertz CT molecular complexity index is 1450. The van der Waals surface area contributed by atoms with Crippen LogP contribution in [0.3, 0.4) is 0 Å². The molecule has 2 N–H and O–H groups in total. The standard InChI is InChI=1S/C25H15ClN2O3S/c26-18-10-4-1-7-14(18)25(29)30-19-11-5-2-8-15(19)21-17(13-27)24(28)31-22-16-9-3-6-12-20(16)32-23(21)22/h1-12,21H,28H2/t21-/m0/s1. The molecule has 32 heavy (non-hydrogen) atoms. The van der Waals surface area contributed by atoms with Crippen LogP contribution < -0.4 is 15.2 Å². The monoisotopic (exact) mass is 458 g/mol. The lowest BCUT2D eigenvalue weighted by Crippen LogP contribution is -2.20. The van der Waals surface area contributed by atoms with Crippen molar-refractivity contribution in [1.29, 1.82) is 5.26 Å². The van der Waals surface area contributed by atoms with Gasteiger partial charge in [-0.05, 0) is 30.3 Å². The van der Waals surface area contributed by atoms with Crippen molar-refractivity contribution in [3.8, 4) is 17.6 Å². The minimum absolute atomic E-state index is 0.0424. The van der Waals surface area contributed by atoms with Gasteiger partial charge in [0, 0.05) is 15.6 Å². The van der Waals surface area contributed by atoms with E-state index in [1.807, 2.05) is 36.4 Å². The zero-order valence-corrected chi connectivity index (χ0v) is 18.1. The van der Waals surface area contributed by atoms with Gasteiger partial charge in [0.25, 0.3) is 0 Å². The molecule has 0 radical (unpaired) electrons. The fourth-order valence-corrected chi connectivity index (χ4v) is 5.26. The van der Waals surface area contributed by atoms with Gasteiger partial charge < -0.3 is 15.2 Å². The Labute approximate surface area is 192 Å². The summed E-state index contributed by atoms with van der Waals surface area (Å²) in [5, 5.41) is 11.1. The van der Waals surface area contributed by atoms with Crippen LogP contribution in [-0.4, -0.2) is 5.97 Å². The molecule has 0 bridgehead atoms. The van der Waals surface area contributed by atoms with Crippen LogP contribution in [0.1, 0.15) is 26.7 Å². The number of allylic oxidation sites excluding steroid dienone is 1. The van der Waals surface area contributed by atoms with Crippen molar-refractivity contribution >= 4 is 39.0 Å². The van der Waals surface area contributed by atoms with Gasteiger partial charge in [-0.1, -0.05) is 54.1 Å². The minimum atomic E-state index is -0.581. The fourth-order valence-electron chi connectivity index (χ4n) is 3.78. The number of esters is 1. The fraction of sp³-hybridized carbons (Fsp3) is 0.0400. The van der Waals surface area contributed by atoms with Gasteiger partial charge in [-0.3, -0.25) is 0 Å². The number of fused-ring (bicyclic) bond motifs is 3. The zero-order chi connectivity index (χ0) is 22.2. The number of nitriles is 1. The second-order valence-electron chi connectivity index (χ2n) is 7.12. The molecule has 3 aromatic carbocycles. The number of rotatable bonds is 3. The molecule has 0 spiro atoms. The first kappa shape index (κ1) is 20.1. The topological polar surface area (TPSA) is 85.3 Å². The quantitative estimate of drug-likeness (QED) is 0.301.